The van der Waals surface area contributed by atoms with Crippen LogP contribution in [0.25, 0.3) is 0 Å². The van der Waals surface area contributed by atoms with Crippen LogP contribution in [-0.4, -0.2) is 179 Å². The number of carboxylic acids is 3. The minimum Gasteiger partial charge on any atom is -0.508 e. The fourth-order valence-corrected chi connectivity index (χ4v) is 7.37. The van der Waals surface area contributed by atoms with Crippen molar-refractivity contribution in [3.05, 3.63) is 58.7 Å². The average Bonchev–Trinajstić information content (AvgIpc) is 3.31. The summed E-state index contributed by atoms with van der Waals surface area (Å²) in [6.07, 6.45) is 1.06. The highest BCUT2D eigenvalue weighted by molar-refractivity contribution is 5.87. The lowest BCUT2D eigenvalue weighted by Gasteiger charge is -2.26. The fourth-order valence-electron chi connectivity index (χ4n) is 7.37. The Labute approximate surface area is 444 Å². The number of nitrogens with zero attached hydrogens (tertiary/aromatic N) is 2. The van der Waals surface area contributed by atoms with Crippen molar-refractivity contribution in [1.29, 1.82) is 0 Å². The average molecular weight is 1080 g/mol. The van der Waals surface area contributed by atoms with Gasteiger partial charge in [0.05, 0.1) is 39.5 Å². The van der Waals surface area contributed by atoms with Crippen LogP contribution in [-0.2, 0) is 78.4 Å². The SMILES string of the molecule is CC(C)(C)OC(=O)CCC(NC(=O)NC(CCCCNC(=O)CCc1ccc(O)c(CN(CCN(CC(=O)O)Cc2cc(CCC(=O)NCCOCCOCCN)ccc2O)CC(=O)O)c1)C(=O)O)C(=O)OC(C)(C)C. The molecular weight excluding hydrogens is 995 g/mol. The van der Waals surface area contributed by atoms with Gasteiger partial charge in [0.25, 0.3) is 0 Å². The van der Waals surface area contributed by atoms with Crippen LogP contribution in [0.5, 0.6) is 11.5 Å². The van der Waals surface area contributed by atoms with Gasteiger partial charge in [0.15, 0.2) is 0 Å². The number of phenolic OH excluding ortho intramolecular Hbond substituents is 2. The molecule has 24 nitrogen and oxygen atoms in total. The van der Waals surface area contributed by atoms with Crippen LogP contribution >= 0.6 is 0 Å². The number of phenols is 2. The number of aromatic hydroxyl groups is 2. The Hall–Kier alpha value is -6.60. The van der Waals surface area contributed by atoms with Gasteiger partial charge in [-0.3, -0.25) is 33.8 Å². The number of nitrogens with two attached hydrogens (primary N) is 1. The second-order valence-corrected chi connectivity index (χ2v) is 20.1. The number of hydrogen-bond acceptors (Lipinski definition) is 17. The number of unbranched alkanes of at least 4 members (excludes halogenated alkanes) is 1. The lowest BCUT2D eigenvalue weighted by molar-refractivity contribution is -0.158. The first-order valence-corrected chi connectivity index (χ1v) is 25.4. The van der Waals surface area contributed by atoms with E-state index >= 15 is 0 Å². The van der Waals surface area contributed by atoms with Crippen molar-refractivity contribution >= 4 is 47.7 Å². The summed E-state index contributed by atoms with van der Waals surface area (Å²) in [7, 11) is 0. The van der Waals surface area contributed by atoms with Gasteiger partial charge in [0, 0.05) is 76.2 Å². The third-order valence-electron chi connectivity index (χ3n) is 10.9. The number of urea groups is 1. The van der Waals surface area contributed by atoms with Crippen LogP contribution in [0, 0.1) is 0 Å². The maximum Gasteiger partial charge on any atom is 0.329 e. The van der Waals surface area contributed by atoms with Crippen LogP contribution in [0.1, 0.15) is 109 Å². The highest BCUT2D eigenvalue weighted by Gasteiger charge is 2.30. The van der Waals surface area contributed by atoms with E-state index in [-0.39, 0.29) is 101 Å². The van der Waals surface area contributed by atoms with Crippen molar-refractivity contribution < 1.29 is 82.8 Å². The molecule has 2 atom stereocenters. The van der Waals surface area contributed by atoms with E-state index < -0.39 is 72.3 Å². The van der Waals surface area contributed by atoms with E-state index in [1.54, 1.807) is 65.8 Å². The van der Waals surface area contributed by atoms with Crippen LogP contribution in [0.2, 0.25) is 0 Å². The van der Waals surface area contributed by atoms with Crippen LogP contribution in [0.3, 0.4) is 0 Å². The van der Waals surface area contributed by atoms with Gasteiger partial charge in [-0.15, -0.1) is 0 Å². The summed E-state index contributed by atoms with van der Waals surface area (Å²) in [5.74, 6) is -5.76. The van der Waals surface area contributed by atoms with Crippen molar-refractivity contribution in [2.75, 3.05) is 72.2 Å². The highest BCUT2D eigenvalue weighted by Crippen LogP contribution is 2.24. The number of ether oxygens (including phenoxy) is 4. The number of nitrogens with one attached hydrogen (secondary N) is 4. The molecule has 0 aliphatic rings. The molecule has 426 valence electrons. The monoisotopic (exact) mass is 1080 g/mol. The normalized spacial score (nSPS) is 12.4. The third kappa shape index (κ3) is 30.1. The van der Waals surface area contributed by atoms with Gasteiger partial charge in [0.2, 0.25) is 11.8 Å². The summed E-state index contributed by atoms with van der Waals surface area (Å²) in [5, 5.41) is 61.1. The van der Waals surface area contributed by atoms with Crippen molar-refractivity contribution in [2.24, 2.45) is 5.73 Å². The summed E-state index contributed by atoms with van der Waals surface area (Å²) in [6, 6.07) is 5.96. The minimum absolute atomic E-state index is 0.00691. The molecule has 0 bridgehead atoms. The van der Waals surface area contributed by atoms with E-state index in [0.29, 0.717) is 69.0 Å². The Kier molecular flexibility index (Phi) is 29.4. The van der Waals surface area contributed by atoms with Crippen molar-refractivity contribution in [3.63, 3.8) is 0 Å². The van der Waals surface area contributed by atoms with Gasteiger partial charge in [-0.2, -0.15) is 0 Å². The number of carboxylic acid groups (broad SMARTS) is 3. The van der Waals surface area contributed by atoms with E-state index in [4.69, 9.17) is 24.7 Å². The van der Waals surface area contributed by atoms with Gasteiger partial charge in [0.1, 0.15) is 34.8 Å². The summed E-state index contributed by atoms with van der Waals surface area (Å²) >= 11 is 0. The van der Waals surface area contributed by atoms with Crippen LogP contribution < -0.4 is 27.0 Å². The molecule has 0 spiro atoms. The molecule has 0 saturated heterocycles. The molecule has 0 saturated carbocycles. The van der Waals surface area contributed by atoms with Crippen LogP contribution in [0.4, 0.5) is 4.79 Å². The second kappa shape index (κ2) is 34.1. The molecule has 76 heavy (non-hydrogen) atoms. The molecule has 24 heteroatoms. The van der Waals surface area contributed by atoms with Crippen molar-refractivity contribution in [3.8, 4) is 11.5 Å². The number of carbonyl (C=O) groups is 8. The first-order chi connectivity index (χ1) is 35.7. The highest BCUT2D eigenvalue weighted by atomic mass is 16.6. The van der Waals surface area contributed by atoms with Gasteiger partial charge in [-0.05, 0) is 103 Å². The zero-order chi connectivity index (χ0) is 56.8. The van der Waals surface area contributed by atoms with E-state index in [1.807, 2.05) is 0 Å². The maximum atomic E-state index is 12.9. The van der Waals surface area contributed by atoms with E-state index in [1.165, 1.54) is 21.9 Å². The van der Waals surface area contributed by atoms with Gasteiger partial charge in [-0.25, -0.2) is 14.4 Å². The molecule has 0 aliphatic heterocycles. The molecule has 0 aliphatic carbocycles. The number of aryl methyl sites for hydroxylation is 2. The standard InChI is InChI=1S/C52H81N7O17/c1-51(2,3)75-47(68)19-14-40(49(71)76-52(4,5)6)57-50(72)56-39(48(69)70)9-7-8-21-54-43(62)17-12-35-10-15-41(60)37(29-35)31-58(33-45(64)65)23-24-59(34-46(66)67)32-38-30-36(11-16-42(38)61)13-18-44(63)55-22-26-74-28-27-73-25-20-53/h10-11,15-16,29-30,39-40,60-61H,7-9,12-14,17-28,31-34,53H2,1-6H3,(H,54,62)(H,55,63)(H,64,65)(H,66,67)(H,69,70)(H2,56,57,72). The zero-order valence-corrected chi connectivity index (χ0v) is 44.8. The minimum atomic E-state index is -1.34. The summed E-state index contributed by atoms with van der Waals surface area (Å²) < 4.78 is 21.3. The Morgan fingerprint density at radius 2 is 1.09 bits per heavy atom. The molecule has 2 aromatic rings. The van der Waals surface area contributed by atoms with Crippen LogP contribution in [0.15, 0.2) is 36.4 Å². The van der Waals surface area contributed by atoms with Crippen molar-refractivity contribution in [1.82, 2.24) is 31.1 Å². The lowest BCUT2D eigenvalue weighted by atomic mass is 10.0. The van der Waals surface area contributed by atoms with E-state index in [0.717, 1.165) is 5.56 Å². The number of amides is 4. The van der Waals surface area contributed by atoms with Gasteiger partial charge in [-0.1, -0.05) is 24.3 Å². The Bertz CT molecular complexity index is 2200. The summed E-state index contributed by atoms with van der Waals surface area (Å²) in [5.41, 5.74) is 5.88. The first-order valence-electron chi connectivity index (χ1n) is 25.4. The third-order valence-corrected chi connectivity index (χ3v) is 10.9. The zero-order valence-electron chi connectivity index (χ0n) is 44.8. The molecule has 0 heterocycles. The number of benzene rings is 2. The first kappa shape index (κ1) is 65.5. The number of carbonyl (C=O) groups excluding carboxylic acids is 5. The van der Waals surface area contributed by atoms with Crippen molar-refractivity contribution in [2.45, 2.75) is 136 Å². The van der Waals surface area contributed by atoms with E-state index in [9.17, 15) is 63.9 Å². The molecular formula is C52H81N7O17. The Morgan fingerprint density at radius 1 is 0.605 bits per heavy atom. The van der Waals surface area contributed by atoms with Gasteiger partial charge < -0.3 is 71.5 Å². The number of hydrogen-bond donors (Lipinski definition) is 10. The molecule has 4 amide bonds. The molecule has 0 aromatic heterocycles. The van der Waals surface area contributed by atoms with E-state index in [2.05, 4.69) is 21.3 Å². The molecule has 11 N–H and O–H groups in total. The largest absolute Gasteiger partial charge is 0.508 e. The summed E-state index contributed by atoms with van der Waals surface area (Å²) in [4.78, 5) is 102. The molecule has 0 fully saturated rings. The molecule has 2 aromatic carbocycles. The molecule has 0 radical (unpaired) electrons. The van der Waals surface area contributed by atoms with Gasteiger partial charge >= 0.3 is 35.9 Å². The predicted octanol–water partition coefficient (Wildman–Crippen LogP) is 2.42. The number of aliphatic carboxylic acids is 3. The lowest BCUT2D eigenvalue weighted by Crippen LogP contribution is -2.52. The Balaban J connectivity index is 1.93. The summed E-state index contributed by atoms with van der Waals surface area (Å²) in [6.45, 7) is 11.6. The fraction of sp³-hybridized carbons (Fsp3) is 0.615. The quantitative estimate of drug-likeness (QED) is 0.0343. The predicted molar refractivity (Wildman–Crippen MR) is 277 cm³/mol. The smallest absolute Gasteiger partial charge is 0.329 e. The molecule has 2 rings (SSSR count). The number of esters is 2. The molecule has 2 unspecified atom stereocenters. The Morgan fingerprint density at radius 3 is 1.57 bits per heavy atom. The number of rotatable bonds is 37. The topological polar surface area (TPSA) is 355 Å². The second-order valence-electron chi connectivity index (χ2n) is 20.1. The maximum absolute atomic E-state index is 12.9.